The van der Waals surface area contributed by atoms with Gasteiger partial charge in [0.05, 0.1) is 21.8 Å². The minimum Gasteiger partial charge on any atom is -0.491 e. The van der Waals surface area contributed by atoms with Crippen LogP contribution in [0.2, 0.25) is 5.02 Å². The van der Waals surface area contributed by atoms with Gasteiger partial charge in [-0.2, -0.15) is 4.39 Å². The van der Waals surface area contributed by atoms with Gasteiger partial charge in [-0.05, 0) is 55.1 Å². The predicted molar refractivity (Wildman–Crippen MR) is 113 cm³/mol. The lowest BCUT2D eigenvalue weighted by atomic mass is 10.1. The van der Waals surface area contributed by atoms with Gasteiger partial charge < -0.3 is 14.3 Å². The molecule has 0 N–H and O–H groups in total. The molecule has 0 atom stereocenters. The minimum absolute atomic E-state index is 0.0216. The second-order valence-corrected chi connectivity index (χ2v) is 7.63. The van der Waals surface area contributed by atoms with Crippen molar-refractivity contribution in [1.82, 2.24) is 0 Å². The zero-order valence-electron chi connectivity index (χ0n) is 15.6. The van der Waals surface area contributed by atoms with E-state index in [-0.39, 0.29) is 6.61 Å². The summed E-state index contributed by atoms with van der Waals surface area (Å²) < 4.78 is 24.2. The van der Waals surface area contributed by atoms with Crippen molar-refractivity contribution in [2.24, 2.45) is 5.16 Å². The summed E-state index contributed by atoms with van der Waals surface area (Å²) in [5, 5.41) is 3.52. The van der Waals surface area contributed by atoms with Crippen LogP contribution in [0.4, 0.5) is 4.39 Å². The standard InChI is InChI=1S/C19H25BrCl2FNO3/c1-14(2)24-27-10-7-5-3-4-6-9-26-19-16(20)12-15(13-17(19)21)25-11-8-18(22)23/h8,12-13H,3-7,9-11H2,1-2H3/b18-8-. The molecule has 0 saturated heterocycles. The molecule has 0 aromatic heterocycles. The summed E-state index contributed by atoms with van der Waals surface area (Å²) in [6.45, 7) is 5.07. The highest BCUT2D eigenvalue weighted by molar-refractivity contribution is 9.10. The first-order chi connectivity index (χ1) is 12.9. The van der Waals surface area contributed by atoms with E-state index in [1.54, 1.807) is 12.1 Å². The topological polar surface area (TPSA) is 40.0 Å². The fourth-order valence-electron chi connectivity index (χ4n) is 2.11. The van der Waals surface area contributed by atoms with E-state index in [0.717, 1.165) is 43.9 Å². The second-order valence-electron chi connectivity index (χ2n) is 6.01. The van der Waals surface area contributed by atoms with Gasteiger partial charge in [-0.15, -0.1) is 0 Å². The first-order valence-electron chi connectivity index (χ1n) is 8.79. The van der Waals surface area contributed by atoms with Crippen molar-refractivity contribution in [3.05, 3.63) is 33.0 Å². The number of hydrogen-bond donors (Lipinski definition) is 0. The van der Waals surface area contributed by atoms with E-state index in [0.29, 0.717) is 34.2 Å². The summed E-state index contributed by atoms with van der Waals surface area (Å²) in [6.07, 6.45) is 6.36. The highest BCUT2D eigenvalue weighted by Crippen LogP contribution is 2.37. The molecule has 152 valence electrons. The summed E-state index contributed by atoms with van der Waals surface area (Å²) in [5.74, 6) is 1.07. The Hall–Kier alpha value is -0.980. The monoisotopic (exact) mass is 483 g/mol. The molecule has 1 rings (SSSR count). The van der Waals surface area contributed by atoms with Crippen molar-refractivity contribution >= 4 is 44.8 Å². The Labute approximate surface area is 178 Å². The summed E-state index contributed by atoms with van der Waals surface area (Å²) in [6, 6.07) is 3.35. The van der Waals surface area contributed by atoms with E-state index in [2.05, 4.69) is 21.1 Å². The Morgan fingerprint density at radius 2 is 1.78 bits per heavy atom. The quantitative estimate of drug-likeness (QED) is 0.168. The molecule has 27 heavy (non-hydrogen) atoms. The lowest BCUT2D eigenvalue weighted by Crippen LogP contribution is -2.00. The number of halogens is 4. The van der Waals surface area contributed by atoms with Crippen LogP contribution >= 0.6 is 39.1 Å². The molecule has 0 fully saturated rings. The van der Waals surface area contributed by atoms with Crippen molar-refractivity contribution in [2.75, 3.05) is 19.8 Å². The van der Waals surface area contributed by atoms with Crippen molar-refractivity contribution in [3.63, 3.8) is 0 Å². The van der Waals surface area contributed by atoms with E-state index in [1.165, 1.54) is 0 Å². The zero-order chi connectivity index (χ0) is 20.1. The molecule has 0 aliphatic heterocycles. The van der Waals surface area contributed by atoms with Crippen LogP contribution in [-0.4, -0.2) is 25.5 Å². The number of rotatable bonds is 13. The van der Waals surface area contributed by atoms with Gasteiger partial charge in [0.2, 0.25) is 0 Å². The molecule has 0 heterocycles. The van der Waals surface area contributed by atoms with Crippen LogP contribution in [0.15, 0.2) is 33.1 Å². The smallest absolute Gasteiger partial charge is 0.188 e. The molecule has 0 aliphatic carbocycles. The summed E-state index contributed by atoms with van der Waals surface area (Å²) in [5.41, 5.74) is 0.928. The molecule has 8 heteroatoms. The Balaban J connectivity index is 2.24. The van der Waals surface area contributed by atoms with E-state index >= 15 is 0 Å². The molecule has 0 unspecified atom stereocenters. The van der Waals surface area contributed by atoms with Crippen molar-refractivity contribution in [3.8, 4) is 11.5 Å². The number of ether oxygens (including phenoxy) is 2. The van der Waals surface area contributed by atoms with Gasteiger partial charge in [-0.3, -0.25) is 0 Å². The Kier molecular flexibility index (Phi) is 12.5. The van der Waals surface area contributed by atoms with Crippen molar-refractivity contribution < 1.29 is 18.7 Å². The third-order valence-electron chi connectivity index (χ3n) is 3.33. The minimum atomic E-state index is -0.808. The SMILES string of the molecule is CC(C)=NOCCCCCCCOc1c(Cl)cc(OC/C=C(\F)Cl)cc1Br. The largest absolute Gasteiger partial charge is 0.491 e. The molecule has 0 amide bonds. The van der Waals surface area contributed by atoms with Gasteiger partial charge in [-0.25, -0.2) is 0 Å². The Morgan fingerprint density at radius 3 is 2.41 bits per heavy atom. The molecule has 0 spiro atoms. The van der Waals surface area contributed by atoms with Gasteiger partial charge >= 0.3 is 0 Å². The van der Waals surface area contributed by atoms with Gasteiger partial charge in [0.25, 0.3) is 0 Å². The number of hydrogen-bond acceptors (Lipinski definition) is 4. The maximum absolute atomic E-state index is 12.4. The molecule has 0 saturated carbocycles. The van der Waals surface area contributed by atoms with E-state index in [1.807, 2.05) is 13.8 Å². The molecule has 1 aromatic rings. The summed E-state index contributed by atoms with van der Waals surface area (Å²) in [7, 11) is 0. The summed E-state index contributed by atoms with van der Waals surface area (Å²) >= 11 is 14.8. The first-order valence-corrected chi connectivity index (χ1v) is 10.3. The average molecular weight is 485 g/mol. The third-order valence-corrected chi connectivity index (χ3v) is 4.36. The maximum atomic E-state index is 12.4. The normalized spacial score (nSPS) is 11.3. The van der Waals surface area contributed by atoms with E-state index in [9.17, 15) is 4.39 Å². The van der Waals surface area contributed by atoms with Crippen molar-refractivity contribution in [2.45, 2.75) is 46.0 Å². The maximum Gasteiger partial charge on any atom is 0.188 e. The highest BCUT2D eigenvalue weighted by Gasteiger charge is 2.10. The van der Waals surface area contributed by atoms with Crippen LogP contribution in [0.25, 0.3) is 0 Å². The van der Waals surface area contributed by atoms with Crippen LogP contribution in [-0.2, 0) is 4.84 Å². The van der Waals surface area contributed by atoms with Crippen LogP contribution in [0.5, 0.6) is 11.5 Å². The molecule has 0 aliphatic rings. The van der Waals surface area contributed by atoms with Gasteiger partial charge in [0, 0.05) is 12.1 Å². The number of nitrogens with zero attached hydrogens (tertiary/aromatic N) is 1. The third kappa shape index (κ3) is 11.5. The van der Waals surface area contributed by atoms with Gasteiger partial charge in [0.1, 0.15) is 19.0 Å². The Morgan fingerprint density at radius 1 is 1.11 bits per heavy atom. The van der Waals surface area contributed by atoms with Crippen LogP contribution < -0.4 is 9.47 Å². The molecular weight excluding hydrogens is 460 g/mol. The van der Waals surface area contributed by atoms with E-state index in [4.69, 9.17) is 37.5 Å². The van der Waals surface area contributed by atoms with Gasteiger partial charge in [-0.1, -0.05) is 41.2 Å². The zero-order valence-corrected chi connectivity index (χ0v) is 18.7. The van der Waals surface area contributed by atoms with Crippen molar-refractivity contribution in [1.29, 1.82) is 0 Å². The fourth-order valence-corrected chi connectivity index (χ4v) is 3.10. The molecule has 0 radical (unpaired) electrons. The Bertz CT molecular complexity index is 610. The highest BCUT2D eigenvalue weighted by atomic mass is 79.9. The lowest BCUT2D eigenvalue weighted by molar-refractivity contribution is 0.139. The first kappa shape index (κ1) is 24.1. The van der Waals surface area contributed by atoms with E-state index < -0.39 is 5.29 Å². The summed E-state index contributed by atoms with van der Waals surface area (Å²) in [4.78, 5) is 5.16. The fraction of sp³-hybridized carbons (Fsp3) is 0.526. The molecular formula is C19H25BrCl2FNO3. The second kappa shape index (κ2) is 14.1. The molecule has 1 aromatic carbocycles. The molecule has 0 bridgehead atoms. The van der Waals surface area contributed by atoms with Crippen LogP contribution in [0, 0.1) is 0 Å². The molecule has 4 nitrogen and oxygen atoms in total. The van der Waals surface area contributed by atoms with Crippen LogP contribution in [0.1, 0.15) is 46.0 Å². The predicted octanol–water partition coefficient (Wildman–Crippen LogP) is 7.27. The number of unbranched alkanes of at least 4 members (excludes halogenated alkanes) is 4. The lowest BCUT2D eigenvalue weighted by Gasteiger charge is -2.12. The van der Waals surface area contributed by atoms with Crippen LogP contribution in [0.3, 0.4) is 0 Å². The average Bonchev–Trinajstić information content (AvgIpc) is 2.58. The number of oxime groups is 1. The number of benzene rings is 1. The van der Waals surface area contributed by atoms with Gasteiger partial charge in [0.15, 0.2) is 11.0 Å².